The molecule has 0 fully saturated rings. The number of aromatic nitrogens is 2. The highest BCUT2D eigenvalue weighted by atomic mass is 16.6. The van der Waals surface area contributed by atoms with Gasteiger partial charge in [0, 0.05) is 6.20 Å². The molecule has 0 N–H and O–H groups in total. The lowest BCUT2D eigenvalue weighted by Crippen LogP contribution is -2.26. The van der Waals surface area contributed by atoms with E-state index in [1.807, 2.05) is 39.8 Å². The Morgan fingerprint density at radius 2 is 2.00 bits per heavy atom. The molecule has 0 atom stereocenters. The minimum absolute atomic E-state index is 0.396. The third-order valence-electron chi connectivity index (χ3n) is 2.57. The van der Waals surface area contributed by atoms with E-state index in [0.717, 1.165) is 22.3 Å². The first-order chi connectivity index (χ1) is 8.78. The third kappa shape index (κ3) is 2.84. The van der Waals surface area contributed by atoms with Gasteiger partial charge in [0.1, 0.15) is 5.60 Å². The molecule has 0 saturated heterocycles. The Hall–Kier alpha value is -2.10. The van der Waals surface area contributed by atoms with Gasteiger partial charge < -0.3 is 4.74 Å². The fourth-order valence-electron chi connectivity index (χ4n) is 1.73. The summed E-state index contributed by atoms with van der Waals surface area (Å²) in [6, 6.07) is 5.51. The van der Waals surface area contributed by atoms with Crippen molar-refractivity contribution in [3.8, 4) is 0 Å². The zero-order valence-corrected chi connectivity index (χ0v) is 11.7. The molecule has 19 heavy (non-hydrogen) atoms. The maximum absolute atomic E-state index is 12.0. The SMILES string of the molecule is C=C(C)c1ccc2c(ccn2C(=O)OC(C)(C)C)n1. The van der Waals surface area contributed by atoms with Gasteiger partial charge in [0.05, 0.1) is 16.7 Å². The van der Waals surface area contributed by atoms with Gasteiger partial charge in [-0.2, -0.15) is 0 Å². The summed E-state index contributed by atoms with van der Waals surface area (Å²) >= 11 is 0. The molecule has 0 spiro atoms. The maximum atomic E-state index is 12.0. The van der Waals surface area contributed by atoms with Crippen molar-refractivity contribution in [1.82, 2.24) is 9.55 Å². The highest BCUT2D eigenvalue weighted by Crippen LogP contribution is 2.19. The number of nitrogens with zero attached hydrogens (tertiary/aromatic N) is 2. The Morgan fingerprint density at radius 3 is 2.58 bits per heavy atom. The van der Waals surface area contributed by atoms with Gasteiger partial charge in [-0.1, -0.05) is 6.58 Å². The summed E-state index contributed by atoms with van der Waals surface area (Å²) < 4.78 is 6.81. The zero-order valence-electron chi connectivity index (χ0n) is 11.7. The van der Waals surface area contributed by atoms with E-state index in [4.69, 9.17) is 4.74 Å². The van der Waals surface area contributed by atoms with Gasteiger partial charge in [-0.15, -0.1) is 0 Å². The Bertz CT molecular complexity index is 648. The molecule has 0 radical (unpaired) electrons. The van der Waals surface area contributed by atoms with Crippen LogP contribution in [0.3, 0.4) is 0 Å². The van der Waals surface area contributed by atoms with E-state index in [1.54, 1.807) is 12.3 Å². The van der Waals surface area contributed by atoms with E-state index in [9.17, 15) is 4.79 Å². The van der Waals surface area contributed by atoms with Crippen LogP contribution in [0.1, 0.15) is 33.4 Å². The summed E-state index contributed by atoms with van der Waals surface area (Å²) in [4.78, 5) is 16.5. The Balaban J connectivity index is 2.41. The predicted octanol–water partition coefficient (Wildman–Crippen LogP) is 3.85. The van der Waals surface area contributed by atoms with Gasteiger partial charge in [-0.25, -0.2) is 9.78 Å². The van der Waals surface area contributed by atoms with Gasteiger partial charge in [0.15, 0.2) is 0 Å². The van der Waals surface area contributed by atoms with Crippen LogP contribution in [0.5, 0.6) is 0 Å². The molecule has 2 aromatic rings. The first kappa shape index (κ1) is 13.3. The molecular weight excluding hydrogens is 240 g/mol. The number of ether oxygens (including phenoxy) is 1. The van der Waals surface area contributed by atoms with E-state index in [0.29, 0.717) is 0 Å². The molecule has 2 aromatic heterocycles. The summed E-state index contributed by atoms with van der Waals surface area (Å²) in [6.07, 6.45) is 1.28. The second kappa shape index (κ2) is 4.53. The van der Waals surface area contributed by atoms with Crippen molar-refractivity contribution in [2.45, 2.75) is 33.3 Å². The van der Waals surface area contributed by atoms with Crippen LogP contribution in [0.15, 0.2) is 31.0 Å². The standard InChI is InChI=1S/C15H18N2O2/c1-10(2)11-6-7-13-12(16-11)8-9-17(13)14(18)19-15(3,4)5/h6-9H,1H2,2-5H3. The molecule has 4 nitrogen and oxygen atoms in total. The smallest absolute Gasteiger partial charge is 0.419 e. The Kier molecular flexibility index (Phi) is 3.18. The fraction of sp³-hybridized carbons (Fsp3) is 0.333. The van der Waals surface area contributed by atoms with Crippen LogP contribution >= 0.6 is 0 Å². The lowest BCUT2D eigenvalue weighted by atomic mass is 10.2. The van der Waals surface area contributed by atoms with Crippen molar-refractivity contribution in [3.05, 3.63) is 36.7 Å². The highest BCUT2D eigenvalue weighted by molar-refractivity contribution is 5.88. The molecule has 0 unspecified atom stereocenters. The molecule has 0 aliphatic rings. The maximum Gasteiger partial charge on any atom is 0.419 e. The number of allylic oxidation sites excluding steroid dienone is 1. The van der Waals surface area contributed by atoms with Crippen LogP contribution in [0.25, 0.3) is 16.6 Å². The average Bonchev–Trinajstić information content (AvgIpc) is 2.68. The number of hydrogen-bond donors (Lipinski definition) is 0. The quantitative estimate of drug-likeness (QED) is 0.780. The van der Waals surface area contributed by atoms with Gasteiger partial charge in [-0.05, 0) is 51.5 Å². The van der Waals surface area contributed by atoms with E-state index < -0.39 is 11.7 Å². The molecule has 2 heterocycles. The molecule has 2 rings (SSSR count). The van der Waals surface area contributed by atoms with Gasteiger partial charge >= 0.3 is 6.09 Å². The van der Waals surface area contributed by atoms with Crippen LogP contribution in [-0.2, 0) is 4.74 Å². The molecule has 0 aliphatic heterocycles. The van der Waals surface area contributed by atoms with Crippen molar-refractivity contribution in [2.24, 2.45) is 0 Å². The minimum Gasteiger partial charge on any atom is -0.443 e. The van der Waals surface area contributed by atoms with Gasteiger partial charge in [0.25, 0.3) is 0 Å². The first-order valence-corrected chi connectivity index (χ1v) is 6.15. The van der Waals surface area contributed by atoms with Crippen molar-refractivity contribution < 1.29 is 9.53 Å². The third-order valence-corrected chi connectivity index (χ3v) is 2.57. The largest absolute Gasteiger partial charge is 0.443 e. The first-order valence-electron chi connectivity index (χ1n) is 6.15. The molecule has 100 valence electrons. The van der Waals surface area contributed by atoms with Crippen molar-refractivity contribution in [2.75, 3.05) is 0 Å². The second-order valence-electron chi connectivity index (χ2n) is 5.55. The molecule has 0 amide bonds. The zero-order chi connectivity index (χ0) is 14.2. The van der Waals surface area contributed by atoms with Crippen LogP contribution in [-0.4, -0.2) is 21.2 Å². The Labute approximate surface area is 112 Å². The number of carbonyl (C=O) groups excluding carboxylic acids is 1. The van der Waals surface area contributed by atoms with Crippen LogP contribution in [0, 0.1) is 0 Å². The number of carbonyl (C=O) groups is 1. The molecule has 0 aliphatic carbocycles. The van der Waals surface area contributed by atoms with Gasteiger partial charge in [-0.3, -0.25) is 4.57 Å². The van der Waals surface area contributed by atoms with Crippen LogP contribution in [0.2, 0.25) is 0 Å². The summed E-state index contributed by atoms with van der Waals surface area (Å²) in [5.74, 6) is 0. The average molecular weight is 258 g/mol. The summed E-state index contributed by atoms with van der Waals surface area (Å²) in [7, 11) is 0. The molecule has 0 aromatic carbocycles. The predicted molar refractivity (Wildman–Crippen MR) is 76.1 cm³/mol. The van der Waals surface area contributed by atoms with Crippen molar-refractivity contribution in [1.29, 1.82) is 0 Å². The molecule has 0 saturated carbocycles. The minimum atomic E-state index is -0.515. The van der Waals surface area contributed by atoms with E-state index >= 15 is 0 Å². The highest BCUT2D eigenvalue weighted by Gasteiger charge is 2.19. The topological polar surface area (TPSA) is 44.1 Å². The number of fused-ring (bicyclic) bond motifs is 1. The fourth-order valence-corrected chi connectivity index (χ4v) is 1.73. The van der Waals surface area contributed by atoms with Crippen molar-refractivity contribution in [3.63, 3.8) is 0 Å². The number of hydrogen-bond acceptors (Lipinski definition) is 3. The van der Waals surface area contributed by atoms with E-state index in [2.05, 4.69) is 11.6 Å². The second-order valence-corrected chi connectivity index (χ2v) is 5.55. The van der Waals surface area contributed by atoms with Gasteiger partial charge in [0.2, 0.25) is 0 Å². The lowest BCUT2D eigenvalue weighted by Gasteiger charge is -2.19. The summed E-state index contributed by atoms with van der Waals surface area (Å²) in [6.45, 7) is 11.3. The normalized spacial score (nSPS) is 11.6. The summed E-state index contributed by atoms with van der Waals surface area (Å²) in [5.41, 5.74) is 2.70. The molecule has 0 bridgehead atoms. The van der Waals surface area contributed by atoms with Crippen molar-refractivity contribution >= 4 is 22.7 Å². The summed E-state index contributed by atoms with van der Waals surface area (Å²) in [5, 5.41) is 0. The van der Waals surface area contributed by atoms with E-state index in [-0.39, 0.29) is 0 Å². The van der Waals surface area contributed by atoms with E-state index in [1.165, 1.54) is 4.57 Å². The van der Waals surface area contributed by atoms with Crippen LogP contribution in [0.4, 0.5) is 4.79 Å². The molecule has 4 heteroatoms. The van der Waals surface area contributed by atoms with Crippen LogP contribution < -0.4 is 0 Å². The molecular formula is C15H18N2O2. The lowest BCUT2D eigenvalue weighted by molar-refractivity contribution is 0.0544. The number of pyridine rings is 1. The monoisotopic (exact) mass is 258 g/mol. The number of rotatable bonds is 1. The Morgan fingerprint density at radius 1 is 1.32 bits per heavy atom.